The van der Waals surface area contributed by atoms with Crippen molar-refractivity contribution in [2.75, 3.05) is 6.54 Å². The highest BCUT2D eigenvalue weighted by Gasteiger charge is 2.30. The molecule has 9 heteroatoms. The molecule has 2 aromatic heterocycles. The number of nitrogens with zero attached hydrogens (tertiary/aromatic N) is 4. The third-order valence-corrected chi connectivity index (χ3v) is 4.10. The number of hydrogen-bond donors (Lipinski definition) is 2. The molecule has 24 heavy (non-hydrogen) atoms. The molecule has 0 aromatic carbocycles. The first-order valence-corrected chi connectivity index (χ1v) is 7.73. The van der Waals surface area contributed by atoms with E-state index in [4.69, 9.17) is 5.73 Å². The molecular weight excluding hydrogens is 312 g/mol. The Morgan fingerprint density at radius 2 is 2.21 bits per heavy atom. The molecule has 0 saturated carbocycles. The van der Waals surface area contributed by atoms with E-state index in [0.29, 0.717) is 12.2 Å². The first kappa shape index (κ1) is 15.9. The zero-order chi connectivity index (χ0) is 17.1. The molecule has 0 spiro atoms. The minimum Gasteiger partial charge on any atom is -0.364 e. The van der Waals surface area contributed by atoms with E-state index in [1.54, 1.807) is 11.0 Å². The highest BCUT2D eigenvalue weighted by Crippen LogP contribution is 2.30. The number of piperidine rings is 1. The van der Waals surface area contributed by atoms with Gasteiger partial charge in [-0.3, -0.25) is 19.5 Å². The number of amides is 2. The molecule has 3 N–H and O–H groups in total. The second-order valence-electron chi connectivity index (χ2n) is 5.69. The van der Waals surface area contributed by atoms with Gasteiger partial charge in [-0.25, -0.2) is 4.68 Å². The van der Waals surface area contributed by atoms with Gasteiger partial charge in [0.05, 0.1) is 11.7 Å². The van der Waals surface area contributed by atoms with Gasteiger partial charge in [-0.05, 0) is 31.4 Å². The maximum Gasteiger partial charge on any atom is 0.269 e. The lowest BCUT2D eigenvalue weighted by molar-refractivity contribution is -0.136. The van der Waals surface area contributed by atoms with Crippen molar-refractivity contribution in [1.82, 2.24) is 24.9 Å². The van der Waals surface area contributed by atoms with Crippen LogP contribution in [0.25, 0.3) is 0 Å². The van der Waals surface area contributed by atoms with Crippen molar-refractivity contribution in [3.8, 4) is 0 Å². The quantitative estimate of drug-likeness (QED) is 0.804. The lowest BCUT2D eigenvalue weighted by atomic mass is 9.99. The summed E-state index contributed by atoms with van der Waals surface area (Å²) in [7, 11) is 0. The van der Waals surface area contributed by atoms with E-state index >= 15 is 0 Å². The minimum absolute atomic E-state index is 0.118. The lowest BCUT2D eigenvalue weighted by Gasteiger charge is -2.35. The summed E-state index contributed by atoms with van der Waals surface area (Å²) < 4.78 is 1.13. The van der Waals surface area contributed by atoms with Gasteiger partial charge in [0, 0.05) is 18.8 Å². The molecule has 1 fully saturated rings. The number of H-pyrrole nitrogens is 1. The number of carbonyl (C=O) groups is 2. The molecule has 3 rings (SSSR count). The summed E-state index contributed by atoms with van der Waals surface area (Å²) in [5.74, 6) is -0.818. The SMILES string of the molecule is NC(=O)c1cc([C@@H]2CCCCN2C(=O)Cn2ncccc2=O)[nH]n1. The number of carbonyl (C=O) groups excluding carboxylic acids is 2. The van der Waals surface area contributed by atoms with E-state index in [9.17, 15) is 14.4 Å². The Labute approximate surface area is 137 Å². The van der Waals surface area contributed by atoms with Gasteiger partial charge in [0.1, 0.15) is 12.2 Å². The fraction of sp³-hybridized carbons (Fsp3) is 0.400. The Kier molecular flexibility index (Phi) is 4.41. The van der Waals surface area contributed by atoms with Gasteiger partial charge >= 0.3 is 0 Å². The molecule has 2 amide bonds. The van der Waals surface area contributed by atoms with Crippen LogP contribution in [0.2, 0.25) is 0 Å². The number of nitrogens with two attached hydrogens (primary N) is 1. The van der Waals surface area contributed by atoms with E-state index in [0.717, 1.165) is 23.9 Å². The van der Waals surface area contributed by atoms with Crippen LogP contribution in [0.4, 0.5) is 0 Å². The first-order valence-electron chi connectivity index (χ1n) is 7.73. The summed E-state index contributed by atoms with van der Waals surface area (Å²) in [6.07, 6.45) is 4.07. The summed E-state index contributed by atoms with van der Waals surface area (Å²) >= 11 is 0. The number of aromatic nitrogens is 4. The van der Waals surface area contributed by atoms with Crippen LogP contribution in [0.5, 0.6) is 0 Å². The second-order valence-corrected chi connectivity index (χ2v) is 5.69. The van der Waals surface area contributed by atoms with Crippen LogP contribution in [0.3, 0.4) is 0 Å². The summed E-state index contributed by atoms with van der Waals surface area (Å²) in [4.78, 5) is 37.3. The number of hydrogen-bond acceptors (Lipinski definition) is 5. The molecule has 0 aliphatic carbocycles. The Morgan fingerprint density at radius 1 is 1.38 bits per heavy atom. The molecule has 0 unspecified atom stereocenters. The van der Waals surface area contributed by atoms with Crippen molar-refractivity contribution in [3.05, 3.63) is 46.1 Å². The molecule has 1 aliphatic heterocycles. The normalized spacial score (nSPS) is 17.7. The molecule has 126 valence electrons. The van der Waals surface area contributed by atoms with Crippen LogP contribution < -0.4 is 11.3 Å². The van der Waals surface area contributed by atoms with E-state index in [2.05, 4.69) is 15.3 Å². The third kappa shape index (κ3) is 3.19. The monoisotopic (exact) mass is 330 g/mol. The maximum atomic E-state index is 12.6. The zero-order valence-corrected chi connectivity index (χ0v) is 13.0. The van der Waals surface area contributed by atoms with Crippen molar-refractivity contribution < 1.29 is 9.59 Å². The molecule has 1 aliphatic rings. The largest absolute Gasteiger partial charge is 0.364 e. The van der Waals surface area contributed by atoms with E-state index in [-0.39, 0.29) is 29.7 Å². The second kappa shape index (κ2) is 6.65. The number of nitrogens with one attached hydrogen (secondary N) is 1. The molecule has 0 radical (unpaired) electrons. The zero-order valence-electron chi connectivity index (χ0n) is 13.0. The Hall–Kier alpha value is -2.97. The Morgan fingerprint density at radius 3 is 2.92 bits per heavy atom. The summed E-state index contributed by atoms with van der Waals surface area (Å²) in [6, 6.07) is 4.25. The summed E-state index contributed by atoms with van der Waals surface area (Å²) in [5.41, 5.74) is 5.71. The predicted molar refractivity (Wildman–Crippen MR) is 83.9 cm³/mol. The van der Waals surface area contributed by atoms with Crippen molar-refractivity contribution in [1.29, 1.82) is 0 Å². The van der Waals surface area contributed by atoms with Crippen molar-refractivity contribution in [2.45, 2.75) is 31.8 Å². The lowest BCUT2D eigenvalue weighted by Crippen LogP contribution is -2.42. The summed E-state index contributed by atoms with van der Waals surface area (Å²) in [5, 5.41) is 10.6. The molecule has 2 aromatic rings. The molecule has 0 bridgehead atoms. The third-order valence-electron chi connectivity index (χ3n) is 4.10. The van der Waals surface area contributed by atoms with Crippen molar-refractivity contribution in [2.24, 2.45) is 5.73 Å². The van der Waals surface area contributed by atoms with E-state index in [1.165, 1.54) is 18.3 Å². The van der Waals surface area contributed by atoms with Crippen LogP contribution in [0, 0.1) is 0 Å². The standard InChI is InChI=1S/C15H18N6O3/c16-15(24)11-8-10(18-19-11)12-4-1-2-7-20(12)14(23)9-21-13(22)5-3-6-17-21/h3,5-6,8,12H,1-2,4,7,9H2,(H2,16,24)(H,18,19)/t12-/m0/s1. The maximum absolute atomic E-state index is 12.6. The van der Waals surface area contributed by atoms with Crippen LogP contribution in [-0.2, 0) is 11.3 Å². The van der Waals surface area contributed by atoms with Crippen LogP contribution in [0.15, 0.2) is 29.2 Å². The fourth-order valence-electron chi connectivity index (χ4n) is 2.91. The fourth-order valence-corrected chi connectivity index (χ4v) is 2.91. The van der Waals surface area contributed by atoms with Gasteiger partial charge in [-0.15, -0.1) is 0 Å². The van der Waals surface area contributed by atoms with Gasteiger partial charge in [-0.1, -0.05) is 0 Å². The number of rotatable bonds is 4. The van der Waals surface area contributed by atoms with Crippen molar-refractivity contribution in [3.63, 3.8) is 0 Å². The van der Waals surface area contributed by atoms with Crippen LogP contribution in [-0.4, -0.2) is 43.2 Å². The minimum atomic E-state index is -0.619. The molecule has 1 saturated heterocycles. The average Bonchev–Trinajstić information content (AvgIpc) is 3.07. The van der Waals surface area contributed by atoms with Crippen LogP contribution >= 0.6 is 0 Å². The number of likely N-dealkylation sites (tertiary alicyclic amines) is 1. The molecule has 1 atom stereocenters. The molecular formula is C15H18N6O3. The Bertz CT molecular complexity index is 811. The number of primary amides is 1. The van der Waals surface area contributed by atoms with E-state index in [1.807, 2.05) is 0 Å². The van der Waals surface area contributed by atoms with Gasteiger partial charge in [0.25, 0.3) is 11.5 Å². The molecule has 9 nitrogen and oxygen atoms in total. The van der Waals surface area contributed by atoms with Gasteiger partial charge in [0.2, 0.25) is 5.91 Å². The van der Waals surface area contributed by atoms with Gasteiger partial charge < -0.3 is 10.6 Å². The van der Waals surface area contributed by atoms with Gasteiger partial charge in [0.15, 0.2) is 0 Å². The van der Waals surface area contributed by atoms with Crippen LogP contribution in [0.1, 0.15) is 41.5 Å². The first-order chi connectivity index (χ1) is 11.6. The molecule has 3 heterocycles. The highest BCUT2D eigenvalue weighted by atomic mass is 16.2. The summed E-state index contributed by atoms with van der Waals surface area (Å²) in [6.45, 7) is 0.461. The highest BCUT2D eigenvalue weighted by molar-refractivity contribution is 5.90. The predicted octanol–water partition coefficient (Wildman–Crippen LogP) is -0.181. The van der Waals surface area contributed by atoms with Crippen molar-refractivity contribution >= 4 is 11.8 Å². The number of aromatic amines is 1. The van der Waals surface area contributed by atoms with Gasteiger partial charge in [-0.2, -0.15) is 10.2 Å². The Balaban J connectivity index is 1.81. The van der Waals surface area contributed by atoms with E-state index < -0.39 is 5.91 Å². The average molecular weight is 330 g/mol. The smallest absolute Gasteiger partial charge is 0.269 e. The topological polar surface area (TPSA) is 127 Å².